The molecule has 0 fully saturated rings. The molecular formula is C14H19N3O. The average molecular weight is 245 g/mol. The number of imidazole rings is 1. The van der Waals surface area contributed by atoms with Crippen LogP contribution in [0.2, 0.25) is 0 Å². The molecule has 0 atom stereocenters. The van der Waals surface area contributed by atoms with E-state index in [1.165, 1.54) is 11.1 Å². The van der Waals surface area contributed by atoms with Gasteiger partial charge in [-0.05, 0) is 31.0 Å². The number of methoxy groups -OCH3 is 1. The molecule has 0 unspecified atom stereocenters. The number of anilines is 1. The molecule has 0 radical (unpaired) electrons. The minimum absolute atomic E-state index is 0.528. The molecule has 0 saturated heterocycles. The zero-order valence-electron chi connectivity index (χ0n) is 11.1. The first-order chi connectivity index (χ1) is 8.63. The van der Waals surface area contributed by atoms with Crippen LogP contribution in [0.15, 0.2) is 24.4 Å². The summed E-state index contributed by atoms with van der Waals surface area (Å²) in [5, 5.41) is 0. The van der Waals surface area contributed by atoms with Crippen molar-refractivity contribution in [1.29, 1.82) is 0 Å². The minimum Gasteiger partial charge on any atom is -0.383 e. The van der Waals surface area contributed by atoms with Gasteiger partial charge in [-0.2, -0.15) is 0 Å². The van der Waals surface area contributed by atoms with Gasteiger partial charge in [0, 0.05) is 19.2 Å². The minimum atomic E-state index is 0.528. The molecule has 0 bridgehead atoms. The van der Waals surface area contributed by atoms with Crippen molar-refractivity contribution in [3.8, 4) is 11.3 Å². The van der Waals surface area contributed by atoms with Crippen molar-refractivity contribution < 1.29 is 4.74 Å². The zero-order chi connectivity index (χ0) is 13.1. The summed E-state index contributed by atoms with van der Waals surface area (Å²) in [6.07, 6.45) is 1.81. The van der Waals surface area contributed by atoms with Crippen LogP contribution in [0.3, 0.4) is 0 Å². The molecule has 18 heavy (non-hydrogen) atoms. The van der Waals surface area contributed by atoms with Gasteiger partial charge in [0.15, 0.2) is 0 Å². The number of ether oxygens (including phenoxy) is 1. The zero-order valence-corrected chi connectivity index (χ0v) is 11.1. The first-order valence-electron chi connectivity index (χ1n) is 6.01. The molecule has 0 saturated carbocycles. The second-order valence-corrected chi connectivity index (χ2v) is 4.45. The van der Waals surface area contributed by atoms with Gasteiger partial charge in [-0.1, -0.05) is 12.1 Å². The van der Waals surface area contributed by atoms with E-state index >= 15 is 0 Å². The summed E-state index contributed by atoms with van der Waals surface area (Å²) in [6, 6.07) is 6.38. The third-order valence-corrected chi connectivity index (χ3v) is 3.21. The number of hydrogen-bond acceptors (Lipinski definition) is 3. The van der Waals surface area contributed by atoms with Gasteiger partial charge < -0.3 is 15.0 Å². The summed E-state index contributed by atoms with van der Waals surface area (Å²) in [7, 11) is 1.68. The summed E-state index contributed by atoms with van der Waals surface area (Å²) in [5.74, 6) is 0.528. The standard InChI is InChI=1S/C14H19N3O/c1-10-4-5-12(8-11(10)2)13-9-16-14(15)17(13)6-7-18-3/h4-5,8-9H,6-7H2,1-3H3,(H2,15,16). The Morgan fingerprint density at radius 3 is 2.72 bits per heavy atom. The highest BCUT2D eigenvalue weighted by Crippen LogP contribution is 2.24. The van der Waals surface area contributed by atoms with Gasteiger partial charge in [0.1, 0.15) is 0 Å². The van der Waals surface area contributed by atoms with Crippen LogP contribution in [0.5, 0.6) is 0 Å². The SMILES string of the molecule is COCCn1c(-c2ccc(C)c(C)c2)cnc1N. The van der Waals surface area contributed by atoms with E-state index < -0.39 is 0 Å². The average Bonchev–Trinajstić information content (AvgIpc) is 2.72. The highest BCUT2D eigenvalue weighted by Gasteiger charge is 2.09. The molecule has 1 aromatic heterocycles. The fourth-order valence-corrected chi connectivity index (χ4v) is 1.94. The summed E-state index contributed by atoms with van der Waals surface area (Å²) in [5.41, 5.74) is 10.6. The molecule has 4 heteroatoms. The van der Waals surface area contributed by atoms with Crippen molar-refractivity contribution in [3.05, 3.63) is 35.5 Å². The molecule has 1 aromatic carbocycles. The molecular weight excluding hydrogens is 226 g/mol. The lowest BCUT2D eigenvalue weighted by molar-refractivity contribution is 0.188. The predicted octanol–water partition coefficient (Wildman–Crippen LogP) is 2.40. The quantitative estimate of drug-likeness (QED) is 0.899. The number of hydrogen-bond donors (Lipinski definition) is 1. The van der Waals surface area contributed by atoms with Gasteiger partial charge in [-0.15, -0.1) is 0 Å². The van der Waals surface area contributed by atoms with Crippen LogP contribution >= 0.6 is 0 Å². The van der Waals surface area contributed by atoms with Crippen molar-refractivity contribution in [1.82, 2.24) is 9.55 Å². The Balaban J connectivity index is 2.40. The van der Waals surface area contributed by atoms with E-state index in [2.05, 4.69) is 37.0 Å². The van der Waals surface area contributed by atoms with Gasteiger partial charge in [0.2, 0.25) is 5.95 Å². The van der Waals surface area contributed by atoms with Crippen LogP contribution in [0.25, 0.3) is 11.3 Å². The lowest BCUT2D eigenvalue weighted by atomic mass is 10.0. The third kappa shape index (κ3) is 2.38. The van der Waals surface area contributed by atoms with Crippen molar-refractivity contribution >= 4 is 5.95 Å². The first-order valence-corrected chi connectivity index (χ1v) is 6.01. The maximum Gasteiger partial charge on any atom is 0.200 e. The maximum atomic E-state index is 5.88. The number of rotatable bonds is 4. The molecule has 2 aromatic rings. The summed E-state index contributed by atoms with van der Waals surface area (Å²) in [4.78, 5) is 4.18. The molecule has 0 aliphatic heterocycles. The largest absolute Gasteiger partial charge is 0.383 e. The Morgan fingerprint density at radius 2 is 2.06 bits per heavy atom. The number of nitrogens with two attached hydrogens (primary N) is 1. The molecule has 0 spiro atoms. The van der Waals surface area contributed by atoms with Gasteiger partial charge in [0.05, 0.1) is 18.5 Å². The Labute approximate surface area is 107 Å². The highest BCUT2D eigenvalue weighted by molar-refractivity contribution is 5.62. The lowest BCUT2D eigenvalue weighted by Crippen LogP contribution is -2.09. The molecule has 4 nitrogen and oxygen atoms in total. The second kappa shape index (κ2) is 5.23. The van der Waals surface area contributed by atoms with E-state index in [0.717, 1.165) is 11.3 Å². The molecule has 96 valence electrons. The monoisotopic (exact) mass is 245 g/mol. The van der Waals surface area contributed by atoms with E-state index in [9.17, 15) is 0 Å². The van der Waals surface area contributed by atoms with Crippen molar-refractivity contribution in [2.24, 2.45) is 0 Å². The molecule has 0 amide bonds. The third-order valence-electron chi connectivity index (χ3n) is 3.21. The summed E-state index contributed by atoms with van der Waals surface area (Å²) < 4.78 is 7.08. The van der Waals surface area contributed by atoms with E-state index in [0.29, 0.717) is 19.1 Å². The number of nitrogens with zero attached hydrogens (tertiary/aromatic N) is 2. The van der Waals surface area contributed by atoms with Crippen LogP contribution in [-0.4, -0.2) is 23.3 Å². The first kappa shape index (κ1) is 12.6. The Hall–Kier alpha value is -1.81. The van der Waals surface area contributed by atoms with Gasteiger partial charge in [0.25, 0.3) is 0 Å². The van der Waals surface area contributed by atoms with E-state index in [4.69, 9.17) is 10.5 Å². The van der Waals surface area contributed by atoms with Gasteiger partial charge in [-0.25, -0.2) is 4.98 Å². The Bertz CT molecular complexity index is 546. The van der Waals surface area contributed by atoms with Gasteiger partial charge >= 0.3 is 0 Å². The van der Waals surface area contributed by atoms with E-state index in [1.54, 1.807) is 7.11 Å². The maximum absolute atomic E-state index is 5.88. The van der Waals surface area contributed by atoms with Crippen molar-refractivity contribution in [3.63, 3.8) is 0 Å². The number of aryl methyl sites for hydroxylation is 2. The molecule has 2 N–H and O–H groups in total. The normalized spacial score (nSPS) is 10.8. The fourth-order valence-electron chi connectivity index (χ4n) is 1.94. The van der Waals surface area contributed by atoms with Gasteiger partial charge in [-0.3, -0.25) is 0 Å². The highest BCUT2D eigenvalue weighted by atomic mass is 16.5. The molecule has 2 rings (SSSR count). The number of nitrogen functional groups attached to an aromatic ring is 1. The topological polar surface area (TPSA) is 53.1 Å². The van der Waals surface area contributed by atoms with Crippen LogP contribution < -0.4 is 5.73 Å². The summed E-state index contributed by atoms with van der Waals surface area (Å²) >= 11 is 0. The van der Waals surface area contributed by atoms with E-state index in [1.807, 2.05) is 10.8 Å². The smallest absolute Gasteiger partial charge is 0.200 e. The molecule has 1 heterocycles. The predicted molar refractivity (Wildman–Crippen MR) is 73.4 cm³/mol. The second-order valence-electron chi connectivity index (χ2n) is 4.45. The Kier molecular flexibility index (Phi) is 3.67. The van der Waals surface area contributed by atoms with Crippen molar-refractivity contribution in [2.75, 3.05) is 19.5 Å². The van der Waals surface area contributed by atoms with E-state index in [-0.39, 0.29) is 0 Å². The van der Waals surface area contributed by atoms with Crippen LogP contribution in [0, 0.1) is 13.8 Å². The van der Waals surface area contributed by atoms with Crippen molar-refractivity contribution in [2.45, 2.75) is 20.4 Å². The molecule has 0 aliphatic rings. The Morgan fingerprint density at radius 1 is 1.28 bits per heavy atom. The van der Waals surface area contributed by atoms with Crippen LogP contribution in [-0.2, 0) is 11.3 Å². The lowest BCUT2D eigenvalue weighted by Gasteiger charge is -2.10. The number of benzene rings is 1. The molecule has 0 aliphatic carbocycles. The number of aromatic nitrogens is 2. The summed E-state index contributed by atoms with van der Waals surface area (Å²) in [6.45, 7) is 5.55. The fraction of sp³-hybridized carbons (Fsp3) is 0.357. The van der Waals surface area contributed by atoms with Crippen LogP contribution in [0.1, 0.15) is 11.1 Å². The van der Waals surface area contributed by atoms with Crippen LogP contribution in [0.4, 0.5) is 5.95 Å².